The summed E-state index contributed by atoms with van der Waals surface area (Å²) in [5.41, 5.74) is 8.84. The highest BCUT2D eigenvalue weighted by molar-refractivity contribution is 9.10. The number of rotatable bonds is 6. The molecule has 0 amide bonds. The van der Waals surface area contributed by atoms with Crippen LogP contribution in [-0.2, 0) is 13.0 Å². The van der Waals surface area contributed by atoms with Crippen LogP contribution in [-0.4, -0.2) is 24.5 Å². The maximum Gasteiger partial charge on any atom is 0.0231 e. The van der Waals surface area contributed by atoms with Crippen molar-refractivity contribution in [1.82, 2.24) is 4.90 Å². The molecule has 0 aliphatic carbocycles. The number of benzene rings is 2. The van der Waals surface area contributed by atoms with Crippen molar-refractivity contribution in [1.29, 1.82) is 0 Å². The molecule has 2 N–H and O–H groups in total. The molecule has 0 saturated heterocycles. The average Bonchev–Trinajstić information content (AvgIpc) is 2.39. The zero-order valence-electron chi connectivity index (χ0n) is 11.8. The molecule has 2 aromatic rings. The summed E-state index contributed by atoms with van der Waals surface area (Å²) in [6.07, 6.45) is 0.920. The van der Waals surface area contributed by atoms with E-state index in [2.05, 4.69) is 70.3 Å². The van der Waals surface area contributed by atoms with E-state index in [0.29, 0.717) is 0 Å². The molecule has 2 nitrogen and oxygen atoms in total. The van der Waals surface area contributed by atoms with Gasteiger partial charge in [-0.15, -0.1) is 0 Å². The summed E-state index contributed by atoms with van der Waals surface area (Å²) in [5.74, 6) is 0. The molecule has 0 bridgehead atoms. The zero-order valence-corrected chi connectivity index (χ0v) is 13.4. The molecule has 1 atom stereocenters. The molecule has 0 aliphatic rings. The third kappa shape index (κ3) is 5.08. The predicted molar refractivity (Wildman–Crippen MR) is 88.6 cm³/mol. The summed E-state index contributed by atoms with van der Waals surface area (Å²) in [4.78, 5) is 2.27. The van der Waals surface area contributed by atoms with Gasteiger partial charge in [0.2, 0.25) is 0 Å². The lowest BCUT2D eigenvalue weighted by Gasteiger charge is -2.21. The Morgan fingerprint density at radius 3 is 2.45 bits per heavy atom. The molecule has 0 saturated carbocycles. The maximum absolute atomic E-state index is 6.24. The van der Waals surface area contributed by atoms with E-state index in [9.17, 15) is 0 Å². The normalized spacial score (nSPS) is 12.6. The van der Waals surface area contributed by atoms with Crippen LogP contribution >= 0.6 is 15.9 Å². The molecule has 20 heavy (non-hydrogen) atoms. The van der Waals surface area contributed by atoms with Crippen molar-refractivity contribution in [3.8, 4) is 0 Å². The minimum atomic E-state index is 0.162. The molecule has 0 aromatic heterocycles. The first-order valence-electron chi connectivity index (χ1n) is 6.86. The van der Waals surface area contributed by atoms with Crippen LogP contribution in [0.4, 0.5) is 0 Å². The Hall–Kier alpha value is -1.16. The van der Waals surface area contributed by atoms with E-state index >= 15 is 0 Å². The second kappa shape index (κ2) is 7.58. The Labute approximate surface area is 129 Å². The number of hydrogen-bond donors (Lipinski definition) is 1. The monoisotopic (exact) mass is 332 g/mol. The van der Waals surface area contributed by atoms with E-state index in [-0.39, 0.29) is 6.04 Å². The van der Waals surface area contributed by atoms with Gasteiger partial charge in [-0.3, -0.25) is 0 Å². The van der Waals surface area contributed by atoms with E-state index in [0.717, 1.165) is 24.0 Å². The Bertz CT molecular complexity index is 528. The number of halogens is 1. The van der Waals surface area contributed by atoms with Gasteiger partial charge in [-0.2, -0.15) is 0 Å². The fourth-order valence-corrected chi connectivity index (χ4v) is 2.84. The van der Waals surface area contributed by atoms with Gasteiger partial charge in [0.1, 0.15) is 0 Å². The first kappa shape index (κ1) is 15.2. The predicted octanol–water partition coefficient (Wildman–Crippen LogP) is 3.45. The Morgan fingerprint density at radius 2 is 1.75 bits per heavy atom. The van der Waals surface area contributed by atoms with Crippen LogP contribution in [0.2, 0.25) is 0 Å². The fraction of sp³-hybridized carbons (Fsp3) is 0.294. The highest BCUT2D eigenvalue weighted by atomic mass is 79.9. The zero-order chi connectivity index (χ0) is 14.4. The topological polar surface area (TPSA) is 29.3 Å². The van der Waals surface area contributed by atoms with E-state index in [1.54, 1.807) is 0 Å². The third-order valence-electron chi connectivity index (χ3n) is 3.23. The molecular weight excluding hydrogens is 312 g/mol. The molecule has 0 radical (unpaired) electrons. The first-order chi connectivity index (χ1) is 9.63. The van der Waals surface area contributed by atoms with Crippen molar-refractivity contribution in [3.63, 3.8) is 0 Å². The van der Waals surface area contributed by atoms with Gasteiger partial charge in [0.15, 0.2) is 0 Å². The van der Waals surface area contributed by atoms with E-state index in [1.165, 1.54) is 11.1 Å². The van der Waals surface area contributed by atoms with Crippen molar-refractivity contribution < 1.29 is 0 Å². The van der Waals surface area contributed by atoms with Gasteiger partial charge < -0.3 is 10.6 Å². The largest absolute Gasteiger partial charge is 0.326 e. The Balaban J connectivity index is 1.83. The number of nitrogens with two attached hydrogens (primary N) is 1. The van der Waals surface area contributed by atoms with Crippen LogP contribution in [0.25, 0.3) is 0 Å². The highest BCUT2D eigenvalue weighted by Crippen LogP contribution is 2.13. The van der Waals surface area contributed by atoms with Crippen LogP contribution in [0.3, 0.4) is 0 Å². The van der Waals surface area contributed by atoms with Crippen molar-refractivity contribution >= 4 is 15.9 Å². The van der Waals surface area contributed by atoms with Crippen LogP contribution in [0.1, 0.15) is 11.1 Å². The third-order valence-corrected chi connectivity index (χ3v) is 3.72. The lowest BCUT2D eigenvalue weighted by Crippen LogP contribution is -2.36. The summed E-state index contributed by atoms with van der Waals surface area (Å²) in [5, 5.41) is 0. The number of likely N-dealkylation sites (N-methyl/N-ethyl adjacent to an activating group) is 1. The van der Waals surface area contributed by atoms with Gasteiger partial charge in [-0.05, 0) is 36.7 Å². The van der Waals surface area contributed by atoms with E-state index < -0.39 is 0 Å². The van der Waals surface area contributed by atoms with Crippen molar-refractivity contribution in [2.75, 3.05) is 13.6 Å². The van der Waals surface area contributed by atoms with Gasteiger partial charge in [0.25, 0.3) is 0 Å². The van der Waals surface area contributed by atoms with Gasteiger partial charge in [-0.1, -0.05) is 58.4 Å². The van der Waals surface area contributed by atoms with Crippen LogP contribution in [0, 0.1) is 0 Å². The summed E-state index contributed by atoms with van der Waals surface area (Å²) < 4.78 is 1.12. The molecule has 0 aliphatic heterocycles. The van der Waals surface area contributed by atoms with Crippen molar-refractivity contribution in [2.45, 2.75) is 19.0 Å². The lowest BCUT2D eigenvalue weighted by atomic mass is 10.1. The van der Waals surface area contributed by atoms with E-state index in [1.807, 2.05) is 12.1 Å². The number of nitrogens with zero attached hydrogens (tertiary/aromatic N) is 1. The second-order valence-corrected chi connectivity index (χ2v) is 6.19. The number of hydrogen-bond acceptors (Lipinski definition) is 2. The average molecular weight is 333 g/mol. The lowest BCUT2D eigenvalue weighted by molar-refractivity contribution is 0.302. The molecular formula is C17H21BrN2. The van der Waals surface area contributed by atoms with E-state index in [4.69, 9.17) is 5.73 Å². The second-order valence-electron chi connectivity index (χ2n) is 5.28. The van der Waals surface area contributed by atoms with Crippen molar-refractivity contribution in [2.24, 2.45) is 5.73 Å². The molecule has 106 valence electrons. The first-order valence-corrected chi connectivity index (χ1v) is 7.65. The molecule has 1 unspecified atom stereocenters. The van der Waals surface area contributed by atoms with Crippen LogP contribution in [0.5, 0.6) is 0 Å². The SMILES string of the molecule is CN(Cc1cccc(Br)c1)CC(N)Cc1ccccc1. The highest BCUT2D eigenvalue weighted by Gasteiger charge is 2.08. The molecule has 0 heterocycles. The van der Waals surface area contributed by atoms with Gasteiger partial charge in [0, 0.05) is 23.6 Å². The Morgan fingerprint density at radius 1 is 1.05 bits per heavy atom. The molecule has 3 heteroatoms. The minimum absolute atomic E-state index is 0.162. The van der Waals surface area contributed by atoms with Gasteiger partial charge in [0.05, 0.1) is 0 Å². The summed E-state index contributed by atoms with van der Waals surface area (Å²) in [6, 6.07) is 19.0. The smallest absolute Gasteiger partial charge is 0.0231 e. The molecule has 2 rings (SSSR count). The summed E-state index contributed by atoms with van der Waals surface area (Å²) in [6.45, 7) is 1.81. The molecule has 2 aromatic carbocycles. The summed E-state index contributed by atoms with van der Waals surface area (Å²) in [7, 11) is 2.12. The summed E-state index contributed by atoms with van der Waals surface area (Å²) >= 11 is 3.50. The van der Waals surface area contributed by atoms with Crippen LogP contribution in [0.15, 0.2) is 59.1 Å². The van der Waals surface area contributed by atoms with Crippen molar-refractivity contribution in [3.05, 3.63) is 70.2 Å². The Kier molecular flexibility index (Phi) is 5.77. The fourth-order valence-electron chi connectivity index (χ4n) is 2.39. The minimum Gasteiger partial charge on any atom is -0.326 e. The maximum atomic E-state index is 6.24. The quantitative estimate of drug-likeness (QED) is 0.877. The molecule has 0 fully saturated rings. The van der Waals surface area contributed by atoms with Crippen LogP contribution < -0.4 is 5.73 Å². The van der Waals surface area contributed by atoms with Gasteiger partial charge >= 0.3 is 0 Å². The molecule has 0 spiro atoms. The van der Waals surface area contributed by atoms with Gasteiger partial charge in [-0.25, -0.2) is 0 Å². The standard InChI is InChI=1S/C17H21BrN2/c1-20(12-15-8-5-9-16(18)10-15)13-17(19)11-14-6-3-2-4-7-14/h2-10,17H,11-13,19H2,1H3.